The summed E-state index contributed by atoms with van der Waals surface area (Å²) >= 11 is 0. The molecule has 1 aliphatic heterocycles. The molecular weight excluding hydrogens is 335 g/mol. The minimum atomic E-state index is -0.0166. The van der Waals surface area contributed by atoms with Gasteiger partial charge >= 0.3 is 0 Å². The maximum Gasteiger partial charge on any atom is 0.167 e. The maximum absolute atomic E-state index is 12.6. The van der Waals surface area contributed by atoms with E-state index in [0.717, 1.165) is 5.56 Å². The van der Waals surface area contributed by atoms with Crippen molar-refractivity contribution in [2.75, 3.05) is 19.8 Å². The molecule has 0 bridgehead atoms. The predicted octanol–water partition coefficient (Wildman–Crippen LogP) is 4.53. The first kappa shape index (κ1) is 18.0. The second kappa shape index (κ2) is 8.52. The number of ketones is 1. The number of Topliss-reactive ketones (excluding diaryl/α,β-unsaturated/α-hetero) is 1. The third-order valence-electron chi connectivity index (χ3n) is 4.21. The average molecular weight is 356 g/mol. The lowest BCUT2D eigenvalue weighted by molar-refractivity contribution is 0.0990. The number of benzene rings is 2. The lowest BCUT2D eigenvalue weighted by Crippen LogP contribution is -2.17. The molecule has 0 fully saturated rings. The fourth-order valence-corrected chi connectivity index (χ4v) is 2.67. The number of carbonyl (C=O) groups excluding carboxylic acids is 1. The summed E-state index contributed by atoms with van der Waals surface area (Å²) in [5, 5.41) is 0. The highest BCUT2D eigenvalue weighted by Crippen LogP contribution is 2.34. The monoisotopic (exact) mass is 356 g/mol. The van der Waals surface area contributed by atoms with Crippen molar-refractivity contribution >= 4 is 5.78 Å². The lowest BCUT2D eigenvalue weighted by atomic mass is 10.0. The van der Waals surface area contributed by atoms with Gasteiger partial charge in [0.15, 0.2) is 17.3 Å². The Labute approximate surface area is 152 Å². The number of carbonyl (C=O) groups is 1. The molecule has 0 atom stereocenters. The smallest absolute Gasteiger partial charge is 0.167 e. The van der Waals surface area contributed by atoms with Crippen LogP contribution >= 0.6 is 0 Å². The van der Waals surface area contributed by atoms with E-state index in [9.17, 15) is 9.18 Å². The van der Waals surface area contributed by atoms with E-state index < -0.39 is 0 Å². The molecule has 1 aliphatic rings. The first-order chi connectivity index (χ1) is 12.7. The van der Waals surface area contributed by atoms with E-state index in [1.807, 2.05) is 25.1 Å². The Kier molecular flexibility index (Phi) is 5.89. The number of fused-ring (bicyclic) bond motifs is 1. The van der Waals surface area contributed by atoms with Gasteiger partial charge in [0.25, 0.3) is 0 Å². The van der Waals surface area contributed by atoms with Crippen LogP contribution in [0.4, 0.5) is 4.39 Å². The van der Waals surface area contributed by atoms with Crippen LogP contribution in [0, 0.1) is 0 Å². The second-order valence-corrected chi connectivity index (χ2v) is 5.98. The van der Waals surface area contributed by atoms with Gasteiger partial charge in [-0.2, -0.15) is 0 Å². The van der Waals surface area contributed by atoms with Crippen LogP contribution in [0.1, 0.15) is 29.3 Å². The zero-order valence-electron chi connectivity index (χ0n) is 14.7. The molecule has 0 radical (unpaired) electrons. The van der Waals surface area contributed by atoms with Crippen LogP contribution in [0.2, 0.25) is 0 Å². The van der Waals surface area contributed by atoms with Crippen molar-refractivity contribution in [3.8, 4) is 17.2 Å². The molecular formula is C21H21FO4. The zero-order valence-corrected chi connectivity index (χ0v) is 14.7. The van der Waals surface area contributed by atoms with Crippen molar-refractivity contribution in [3.63, 3.8) is 0 Å². The van der Waals surface area contributed by atoms with Gasteiger partial charge in [0.1, 0.15) is 25.6 Å². The van der Waals surface area contributed by atoms with E-state index in [-0.39, 0.29) is 18.8 Å². The van der Waals surface area contributed by atoms with E-state index in [1.54, 1.807) is 24.3 Å². The van der Waals surface area contributed by atoms with Gasteiger partial charge in [-0.3, -0.25) is 4.79 Å². The summed E-state index contributed by atoms with van der Waals surface area (Å²) < 4.78 is 29.3. The van der Waals surface area contributed by atoms with Crippen molar-refractivity contribution < 1.29 is 23.4 Å². The van der Waals surface area contributed by atoms with Gasteiger partial charge in [0.05, 0.1) is 6.33 Å². The first-order valence-electron chi connectivity index (χ1n) is 8.63. The van der Waals surface area contributed by atoms with E-state index in [4.69, 9.17) is 14.2 Å². The van der Waals surface area contributed by atoms with E-state index in [0.29, 0.717) is 54.3 Å². The normalized spacial score (nSPS) is 13.4. The van der Waals surface area contributed by atoms with Gasteiger partial charge in [-0.15, -0.1) is 0 Å². The SMILES string of the molecule is CCC(=CF)COc1ccc(C(=O)Cc2cccc3c2OCCO3)cc1. The fraction of sp³-hybridized carbons (Fsp3) is 0.286. The van der Waals surface area contributed by atoms with Gasteiger partial charge < -0.3 is 14.2 Å². The predicted molar refractivity (Wildman–Crippen MR) is 96.9 cm³/mol. The molecule has 3 rings (SSSR count). The molecule has 0 N–H and O–H groups in total. The van der Waals surface area contributed by atoms with Gasteiger partial charge in [0, 0.05) is 17.5 Å². The molecule has 0 spiro atoms. The minimum Gasteiger partial charge on any atom is -0.489 e. The second-order valence-electron chi connectivity index (χ2n) is 5.98. The maximum atomic E-state index is 12.6. The van der Waals surface area contributed by atoms with Crippen molar-refractivity contribution in [3.05, 3.63) is 65.5 Å². The standard InChI is InChI=1S/C21H21FO4/c1-2-15(13-22)14-26-18-8-6-16(7-9-18)19(23)12-17-4-3-5-20-21(17)25-11-10-24-20/h3-9,13H,2,10-12,14H2,1H3. The molecule has 0 saturated heterocycles. The topological polar surface area (TPSA) is 44.8 Å². The fourth-order valence-electron chi connectivity index (χ4n) is 2.67. The number of hydrogen-bond donors (Lipinski definition) is 0. The van der Waals surface area contributed by atoms with Crippen molar-refractivity contribution in [1.82, 2.24) is 0 Å². The highest BCUT2D eigenvalue weighted by atomic mass is 19.1. The molecule has 0 saturated carbocycles. The van der Waals surface area contributed by atoms with Crippen molar-refractivity contribution in [1.29, 1.82) is 0 Å². The molecule has 5 heteroatoms. The number of hydrogen-bond acceptors (Lipinski definition) is 4. The average Bonchev–Trinajstić information content (AvgIpc) is 2.69. The summed E-state index contributed by atoms with van der Waals surface area (Å²) in [6.45, 7) is 3.07. The molecule has 26 heavy (non-hydrogen) atoms. The third-order valence-corrected chi connectivity index (χ3v) is 4.21. The van der Waals surface area contributed by atoms with Crippen LogP contribution in [-0.4, -0.2) is 25.6 Å². The number of rotatable bonds is 7. The van der Waals surface area contributed by atoms with Crippen LogP contribution in [-0.2, 0) is 6.42 Å². The molecule has 0 aromatic heterocycles. The number of halogens is 1. The Hall–Kier alpha value is -2.82. The Morgan fingerprint density at radius 3 is 2.65 bits per heavy atom. The molecule has 136 valence electrons. The zero-order chi connectivity index (χ0) is 18.4. The van der Waals surface area contributed by atoms with Gasteiger partial charge in [-0.25, -0.2) is 4.39 Å². The summed E-state index contributed by atoms with van der Waals surface area (Å²) in [7, 11) is 0. The number of ether oxygens (including phenoxy) is 3. The van der Waals surface area contributed by atoms with Crippen LogP contribution in [0.25, 0.3) is 0 Å². The summed E-state index contributed by atoms with van der Waals surface area (Å²) in [6.07, 6.45) is 1.40. The van der Waals surface area contributed by atoms with Crippen molar-refractivity contribution in [2.24, 2.45) is 0 Å². The summed E-state index contributed by atoms with van der Waals surface area (Å²) in [4.78, 5) is 12.6. The highest BCUT2D eigenvalue weighted by Gasteiger charge is 2.18. The molecule has 1 heterocycles. The molecule has 0 aliphatic carbocycles. The van der Waals surface area contributed by atoms with E-state index in [2.05, 4.69) is 0 Å². The molecule has 2 aromatic carbocycles. The van der Waals surface area contributed by atoms with Gasteiger partial charge in [-0.1, -0.05) is 19.1 Å². The summed E-state index contributed by atoms with van der Waals surface area (Å²) in [6, 6.07) is 12.4. The van der Waals surface area contributed by atoms with E-state index >= 15 is 0 Å². The molecule has 0 unspecified atom stereocenters. The van der Waals surface area contributed by atoms with Gasteiger partial charge in [0.2, 0.25) is 0 Å². The van der Waals surface area contributed by atoms with Crippen LogP contribution < -0.4 is 14.2 Å². The quantitative estimate of drug-likeness (QED) is 0.684. The number of para-hydroxylation sites is 1. The van der Waals surface area contributed by atoms with E-state index in [1.165, 1.54) is 0 Å². The Bertz CT molecular complexity index is 796. The largest absolute Gasteiger partial charge is 0.489 e. The molecule has 2 aromatic rings. The highest BCUT2D eigenvalue weighted by molar-refractivity contribution is 5.98. The Morgan fingerprint density at radius 1 is 1.15 bits per heavy atom. The minimum absolute atomic E-state index is 0.0166. The lowest BCUT2D eigenvalue weighted by Gasteiger charge is -2.20. The first-order valence-corrected chi connectivity index (χ1v) is 8.63. The van der Waals surface area contributed by atoms with Gasteiger partial charge in [-0.05, 0) is 42.3 Å². The molecule has 0 amide bonds. The van der Waals surface area contributed by atoms with Crippen LogP contribution in [0.15, 0.2) is 54.4 Å². The molecule has 4 nitrogen and oxygen atoms in total. The Balaban J connectivity index is 1.65. The summed E-state index contributed by atoms with van der Waals surface area (Å²) in [5.41, 5.74) is 1.98. The van der Waals surface area contributed by atoms with Crippen LogP contribution in [0.5, 0.6) is 17.2 Å². The summed E-state index contributed by atoms with van der Waals surface area (Å²) in [5.74, 6) is 1.91. The van der Waals surface area contributed by atoms with Crippen LogP contribution in [0.3, 0.4) is 0 Å². The Morgan fingerprint density at radius 2 is 1.92 bits per heavy atom. The van der Waals surface area contributed by atoms with Crippen molar-refractivity contribution in [2.45, 2.75) is 19.8 Å². The third kappa shape index (κ3) is 4.23.